The predicted molar refractivity (Wildman–Crippen MR) is 122 cm³/mol. The van der Waals surface area contributed by atoms with Gasteiger partial charge < -0.3 is 22.1 Å². The molecule has 5 nitrogen and oxygen atoms in total. The van der Waals surface area contributed by atoms with E-state index in [-0.39, 0.29) is 0 Å². The molecule has 1 heterocycles. The number of nitrogens with one attached hydrogen (secondary N) is 2. The third-order valence-corrected chi connectivity index (χ3v) is 5.60. The minimum Gasteiger partial charge on any atom is -0.397 e. The third kappa shape index (κ3) is 4.24. The van der Waals surface area contributed by atoms with Crippen molar-refractivity contribution >= 4 is 34.5 Å². The Morgan fingerprint density at radius 2 is 1.89 bits per heavy atom. The number of thioether (sulfide) groups is 1. The largest absolute Gasteiger partial charge is 0.397 e. The van der Waals surface area contributed by atoms with Crippen LogP contribution in [0.4, 0.5) is 22.7 Å². The zero-order valence-electron chi connectivity index (χ0n) is 16.5. The molecule has 3 aromatic rings. The maximum Gasteiger partial charge on any atom is 0.0691 e. The minimum absolute atomic E-state index is 0.673. The average molecular weight is 394 g/mol. The fourth-order valence-corrected chi connectivity index (χ4v) is 3.65. The Kier molecular flexibility index (Phi) is 6.44. The van der Waals surface area contributed by atoms with E-state index in [2.05, 4.69) is 35.5 Å². The van der Waals surface area contributed by atoms with E-state index in [9.17, 15) is 0 Å². The van der Waals surface area contributed by atoms with Crippen molar-refractivity contribution in [2.45, 2.75) is 25.3 Å². The van der Waals surface area contributed by atoms with E-state index in [1.165, 1.54) is 11.1 Å². The van der Waals surface area contributed by atoms with Crippen LogP contribution in [0.25, 0.3) is 11.1 Å². The van der Waals surface area contributed by atoms with E-state index in [0.717, 1.165) is 46.2 Å². The number of aromatic nitrogens is 1. The summed E-state index contributed by atoms with van der Waals surface area (Å²) in [6.07, 6.45) is 5.84. The Bertz CT molecular complexity index is 971. The first kappa shape index (κ1) is 20.0. The molecular formula is C22H27N5S. The second-order valence-electron chi connectivity index (χ2n) is 6.60. The highest BCUT2D eigenvalue weighted by Gasteiger charge is 2.11. The van der Waals surface area contributed by atoms with Crippen LogP contribution in [-0.2, 0) is 6.54 Å². The van der Waals surface area contributed by atoms with Gasteiger partial charge in [-0.25, -0.2) is 0 Å². The van der Waals surface area contributed by atoms with Gasteiger partial charge in [-0.2, -0.15) is 0 Å². The SMILES string of the molecule is CCNCc1cncc(-c2ccc(N)c(Nc3cccc(SC)c3N)c2)c1C. The molecule has 1 aromatic heterocycles. The molecule has 6 heteroatoms. The fourth-order valence-electron chi connectivity index (χ4n) is 3.11. The zero-order valence-corrected chi connectivity index (χ0v) is 17.4. The highest BCUT2D eigenvalue weighted by Crippen LogP contribution is 2.35. The maximum atomic E-state index is 6.29. The van der Waals surface area contributed by atoms with E-state index in [0.29, 0.717) is 5.69 Å². The molecular weight excluding hydrogens is 366 g/mol. The van der Waals surface area contributed by atoms with Gasteiger partial charge in [0.15, 0.2) is 0 Å². The number of nitrogens with two attached hydrogens (primary N) is 2. The second-order valence-corrected chi connectivity index (χ2v) is 7.45. The summed E-state index contributed by atoms with van der Waals surface area (Å²) < 4.78 is 0. The lowest BCUT2D eigenvalue weighted by Crippen LogP contribution is -2.13. The van der Waals surface area contributed by atoms with Gasteiger partial charge in [0.05, 0.1) is 22.7 Å². The number of para-hydroxylation sites is 1. The number of rotatable bonds is 7. The van der Waals surface area contributed by atoms with Gasteiger partial charge in [0, 0.05) is 29.4 Å². The van der Waals surface area contributed by atoms with Crippen molar-refractivity contribution in [3.63, 3.8) is 0 Å². The van der Waals surface area contributed by atoms with Crippen LogP contribution >= 0.6 is 11.8 Å². The highest BCUT2D eigenvalue weighted by atomic mass is 32.2. The number of nitrogens with zero attached hydrogens (tertiary/aromatic N) is 1. The molecule has 6 N–H and O–H groups in total. The van der Waals surface area contributed by atoms with Crippen LogP contribution in [0.3, 0.4) is 0 Å². The van der Waals surface area contributed by atoms with E-state index in [1.54, 1.807) is 11.8 Å². The first-order chi connectivity index (χ1) is 13.5. The Balaban J connectivity index is 1.97. The monoisotopic (exact) mass is 393 g/mol. The van der Waals surface area contributed by atoms with Gasteiger partial charge in [0.25, 0.3) is 0 Å². The summed E-state index contributed by atoms with van der Waals surface area (Å²) in [6, 6.07) is 12.0. The Morgan fingerprint density at radius 1 is 1.07 bits per heavy atom. The first-order valence-corrected chi connectivity index (χ1v) is 10.5. The lowest BCUT2D eigenvalue weighted by molar-refractivity contribution is 0.721. The van der Waals surface area contributed by atoms with Crippen LogP contribution in [0.15, 0.2) is 53.7 Å². The molecule has 0 fully saturated rings. The summed E-state index contributed by atoms with van der Waals surface area (Å²) in [5, 5.41) is 6.76. The quantitative estimate of drug-likeness (QED) is 0.341. The molecule has 28 heavy (non-hydrogen) atoms. The summed E-state index contributed by atoms with van der Waals surface area (Å²) in [5.41, 5.74) is 20.2. The van der Waals surface area contributed by atoms with Crippen molar-refractivity contribution in [2.24, 2.45) is 0 Å². The van der Waals surface area contributed by atoms with Gasteiger partial charge in [0.2, 0.25) is 0 Å². The molecule has 2 aromatic carbocycles. The molecule has 0 aliphatic carbocycles. The van der Waals surface area contributed by atoms with Crippen molar-refractivity contribution in [1.82, 2.24) is 10.3 Å². The zero-order chi connectivity index (χ0) is 20.1. The third-order valence-electron chi connectivity index (χ3n) is 4.80. The van der Waals surface area contributed by atoms with E-state index < -0.39 is 0 Å². The molecule has 0 spiro atoms. The molecule has 0 amide bonds. The molecule has 3 rings (SSSR count). The van der Waals surface area contributed by atoms with Crippen molar-refractivity contribution in [3.8, 4) is 11.1 Å². The standard InChI is InChI=1S/C22H27N5S/c1-4-25-11-16-12-26-13-17(14(16)2)15-8-9-18(23)20(10-15)27-19-6-5-7-21(28-3)22(19)24/h5-10,12-13,25,27H,4,11,23-24H2,1-3H3. The number of nitrogen functional groups attached to an aromatic ring is 2. The van der Waals surface area contributed by atoms with Crippen molar-refractivity contribution < 1.29 is 0 Å². The van der Waals surface area contributed by atoms with Gasteiger partial charge in [0.1, 0.15) is 0 Å². The van der Waals surface area contributed by atoms with Crippen LogP contribution in [0.1, 0.15) is 18.1 Å². The molecule has 0 radical (unpaired) electrons. The molecule has 0 bridgehead atoms. The Morgan fingerprint density at radius 3 is 2.64 bits per heavy atom. The van der Waals surface area contributed by atoms with Gasteiger partial charge >= 0.3 is 0 Å². The van der Waals surface area contributed by atoms with Gasteiger partial charge in [-0.1, -0.05) is 19.1 Å². The topological polar surface area (TPSA) is 89.0 Å². The van der Waals surface area contributed by atoms with Crippen molar-refractivity contribution in [1.29, 1.82) is 0 Å². The molecule has 0 aliphatic rings. The molecule has 0 saturated carbocycles. The molecule has 0 saturated heterocycles. The van der Waals surface area contributed by atoms with Crippen LogP contribution in [0.5, 0.6) is 0 Å². The smallest absolute Gasteiger partial charge is 0.0691 e. The first-order valence-electron chi connectivity index (χ1n) is 9.28. The molecule has 0 unspecified atom stereocenters. The number of hydrogen-bond acceptors (Lipinski definition) is 6. The van der Waals surface area contributed by atoms with Crippen LogP contribution in [-0.4, -0.2) is 17.8 Å². The van der Waals surface area contributed by atoms with Crippen LogP contribution in [0, 0.1) is 6.92 Å². The summed E-state index contributed by atoms with van der Waals surface area (Å²) >= 11 is 1.62. The average Bonchev–Trinajstić information content (AvgIpc) is 2.70. The van der Waals surface area contributed by atoms with Gasteiger partial charge in [-0.05, 0) is 60.7 Å². The number of hydrogen-bond donors (Lipinski definition) is 4. The fraction of sp³-hybridized carbons (Fsp3) is 0.227. The van der Waals surface area contributed by atoms with E-state index in [1.807, 2.05) is 49.0 Å². The van der Waals surface area contributed by atoms with Crippen LogP contribution in [0.2, 0.25) is 0 Å². The van der Waals surface area contributed by atoms with Crippen molar-refractivity contribution in [2.75, 3.05) is 29.6 Å². The van der Waals surface area contributed by atoms with E-state index >= 15 is 0 Å². The van der Waals surface area contributed by atoms with Crippen LogP contribution < -0.4 is 22.1 Å². The number of anilines is 4. The van der Waals surface area contributed by atoms with E-state index in [4.69, 9.17) is 11.5 Å². The lowest BCUT2D eigenvalue weighted by atomic mass is 9.98. The van der Waals surface area contributed by atoms with Gasteiger partial charge in [-0.3, -0.25) is 4.98 Å². The Hall–Kier alpha value is -2.70. The summed E-state index contributed by atoms with van der Waals surface area (Å²) in [7, 11) is 0. The lowest BCUT2D eigenvalue weighted by Gasteiger charge is -2.16. The van der Waals surface area contributed by atoms with Gasteiger partial charge in [-0.15, -0.1) is 11.8 Å². The Labute approximate surface area is 170 Å². The minimum atomic E-state index is 0.673. The normalized spacial score (nSPS) is 10.8. The highest BCUT2D eigenvalue weighted by molar-refractivity contribution is 7.98. The number of benzene rings is 2. The van der Waals surface area contributed by atoms with Crippen molar-refractivity contribution in [3.05, 3.63) is 59.9 Å². The number of pyridine rings is 1. The maximum absolute atomic E-state index is 6.29. The molecule has 0 aliphatic heterocycles. The second kappa shape index (κ2) is 8.99. The predicted octanol–water partition coefficient (Wildman–Crippen LogP) is 4.80. The summed E-state index contributed by atoms with van der Waals surface area (Å²) in [6.45, 7) is 5.97. The summed E-state index contributed by atoms with van der Waals surface area (Å²) in [5.74, 6) is 0. The molecule has 146 valence electrons. The molecule has 0 atom stereocenters. The summed E-state index contributed by atoms with van der Waals surface area (Å²) in [4.78, 5) is 5.47.